The highest BCUT2D eigenvalue weighted by Crippen LogP contribution is 2.31. The fraction of sp³-hybridized carbons (Fsp3) is 1.00. The van der Waals surface area contributed by atoms with Crippen LogP contribution in [0.25, 0.3) is 0 Å². The van der Waals surface area contributed by atoms with Crippen molar-refractivity contribution in [3.8, 4) is 0 Å². The minimum Gasteiger partial charge on any atom is -0.310 e. The summed E-state index contributed by atoms with van der Waals surface area (Å²) >= 11 is 2.50. The van der Waals surface area contributed by atoms with Gasteiger partial charge in [0.05, 0.1) is 3.55 Å². The van der Waals surface area contributed by atoms with Gasteiger partial charge in [-0.15, -0.1) is 0 Å². The van der Waals surface area contributed by atoms with Crippen molar-refractivity contribution in [1.82, 2.24) is 10.6 Å². The summed E-state index contributed by atoms with van der Waals surface area (Å²) in [7, 11) is 0. The average Bonchev–Trinajstić information content (AvgIpc) is 2.21. The first-order chi connectivity index (χ1) is 3.79. The summed E-state index contributed by atoms with van der Waals surface area (Å²) in [6.07, 6.45) is 1.31. The molecule has 2 N–H and O–H groups in total. The van der Waals surface area contributed by atoms with Crippen molar-refractivity contribution in [3.05, 3.63) is 0 Å². The second-order valence-corrected chi connectivity index (χ2v) is 4.69. The van der Waals surface area contributed by atoms with Crippen LogP contribution in [-0.2, 0) is 0 Å². The first-order valence-electron chi connectivity index (χ1n) is 2.96. The number of fused-ring (bicyclic) bond motifs is 2. The largest absolute Gasteiger partial charge is 0.310 e. The Bertz CT molecular complexity index is 107. The molecule has 0 aliphatic carbocycles. The van der Waals surface area contributed by atoms with Gasteiger partial charge in [-0.2, -0.15) is 0 Å². The van der Waals surface area contributed by atoms with Gasteiger partial charge in [-0.05, 0) is 6.42 Å². The third-order valence-electron chi connectivity index (χ3n) is 1.91. The van der Waals surface area contributed by atoms with Crippen LogP contribution in [0, 0.1) is 0 Å². The lowest BCUT2D eigenvalue weighted by Gasteiger charge is -2.19. The van der Waals surface area contributed by atoms with Crippen molar-refractivity contribution in [2.45, 2.75) is 16.0 Å². The molecular formula is C5H9IN2. The van der Waals surface area contributed by atoms with Crippen LogP contribution in [0.5, 0.6) is 0 Å². The number of alkyl halides is 1. The molecule has 8 heavy (non-hydrogen) atoms. The number of nitrogens with one attached hydrogen (secondary N) is 2. The van der Waals surface area contributed by atoms with Gasteiger partial charge in [0.15, 0.2) is 0 Å². The Labute approximate surface area is 62.5 Å². The van der Waals surface area contributed by atoms with Crippen LogP contribution in [0.4, 0.5) is 0 Å². The number of rotatable bonds is 0. The van der Waals surface area contributed by atoms with E-state index in [1.165, 1.54) is 13.0 Å². The van der Waals surface area contributed by atoms with Crippen molar-refractivity contribution >= 4 is 22.6 Å². The fourth-order valence-corrected chi connectivity index (χ4v) is 2.40. The molecule has 2 bridgehead atoms. The highest BCUT2D eigenvalue weighted by Gasteiger charge is 2.41. The highest BCUT2D eigenvalue weighted by molar-refractivity contribution is 14.1. The molecule has 3 heteroatoms. The standard InChI is InChI=1S/C5H9IN2/c6-5-1-4(2-8-5)7-3-5/h4,7-8H,1-3H2/t4-,5-/m0/s1. The summed E-state index contributed by atoms with van der Waals surface area (Å²) in [5.74, 6) is 0. The number of halogens is 1. The van der Waals surface area contributed by atoms with Crippen LogP contribution in [0.3, 0.4) is 0 Å². The van der Waals surface area contributed by atoms with E-state index in [1.807, 2.05) is 0 Å². The van der Waals surface area contributed by atoms with Gasteiger partial charge in [-0.3, -0.25) is 0 Å². The van der Waals surface area contributed by atoms with E-state index in [4.69, 9.17) is 0 Å². The summed E-state index contributed by atoms with van der Waals surface area (Å²) in [4.78, 5) is 0. The Morgan fingerprint density at radius 1 is 1.62 bits per heavy atom. The van der Waals surface area contributed by atoms with Crippen LogP contribution in [-0.4, -0.2) is 22.7 Å². The zero-order chi connectivity index (χ0) is 5.61. The van der Waals surface area contributed by atoms with Crippen LogP contribution < -0.4 is 10.6 Å². The van der Waals surface area contributed by atoms with Crippen LogP contribution in [0.1, 0.15) is 6.42 Å². The van der Waals surface area contributed by atoms with E-state index in [0.29, 0.717) is 3.55 Å². The zero-order valence-electron chi connectivity index (χ0n) is 4.58. The molecule has 2 rings (SSSR count). The Balaban J connectivity index is 2.19. The lowest BCUT2D eigenvalue weighted by molar-refractivity contribution is 0.516. The molecule has 0 aromatic carbocycles. The van der Waals surface area contributed by atoms with E-state index in [-0.39, 0.29) is 0 Å². The normalized spacial score (nSPS) is 52.9. The summed E-state index contributed by atoms with van der Waals surface area (Å²) < 4.78 is 0.419. The third-order valence-corrected chi connectivity index (χ3v) is 3.11. The minimum absolute atomic E-state index is 0.419. The van der Waals surface area contributed by atoms with Crippen molar-refractivity contribution in [2.75, 3.05) is 13.1 Å². The number of hydrogen-bond acceptors (Lipinski definition) is 2. The quantitative estimate of drug-likeness (QED) is 0.346. The third kappa shape index (κ3) is 0.681. The molecule has 2 saturated heterocycles. The van der Waals surface area contributed by atoms with Gasteiger partial charge in [-0.25, -0.2) is 0 Å². The molecule has 0 unspecified atom stereocenters. The molecule has 0 saturated carbocycles. The molecule has 2 fully saturated rings. The molecule has 2 nitrogen and oxygen atoms in total. The monoisotopic (exact) mass is 224 g/mol. The molecule has 0 radical (unpaired) electrons. The van der Waals surface area contributed by atoms with Gasteiger partial charge >= 0.3 is 0 Å². The molecule has 2 aliphatic heterocycles. The topological polar surface area (TPSA) is 24.1 Å². The average molecular weight is 224 g/mol. The summed E-state index contributed by atoms with van der Waals surface area (Å²) in [5.41, 5.74) is 0. The minimum atomic E-state index is 0.419. The predicted octanol–water partition coefficient (Wildman–Crippen LogP) is 0.0828. The molecule has 0 aromatic rings. The molecule has 0 spiro atoms. The smallest absolute Gasteiger partial charge is 0.0847 e. The zero-order valence-corrected chi connectivity index (χ0v) is 6.73. The summed E-state index contributed by atoms with van der Waals surface area (Å²) in [6.45, 7) is 2.32. The van der Waals surface area contributed by atoms with Gasteiger partial charge in [0.2, 0.25) is 0 Å². The SMILES string of the molecule is I[C@]12CN[C@H](CN1)C2. The maximum absolute atomic E-state index is 3.46. The van der Waals surface area contributed by atoms with Crippen LogP contribution >= 0.6 is 22.6 Å². The van der Waals surface area contributed by atoms with Gasteiger partial charge < -0.3 is 10.6 Å². The second-order valence-electron chi connectivity index (χ2n) is 2.63. The molecule has 2 aliphatic rings. The van der Waals surface area contributed by atoms with Crippen molar-refractivity contribution in [3.63, 3.8) is 0 Å². The Kier molecular flexibility index (Phi) is 1.07. The first-order valence-corrected chi connectivity index (χ1v) is 4.04. The molecule has 2 atom stereocenters. The predicted molar refractivity (Wildman–Crippen MR) is 41.2 cm³/mol. The van der Waals surface area contributed by atoms with Crippen LogP contribution in [0.2, 0.25) is 0 Å². The Hall–Kier alpha value is 0.650. The first kappa shape index (κ1) is 5.44. The number of piperazine rings is 1. The van der Waals surface area contributed by atoms with Gasteiger partial charge in [0, 0.05) is 19.1 Å². The number of hydrogen-bond donors (Lipinski definition) is 2. The lowest BCUT2D eigenvalue weighted by atomic mass is 10.2. The van der Waals surface area contributed by atoms with Gasteiger partial charge in [0.1, 0.15) is 0 Å². The fourth-order valence-electron chi connectivity index (χ4n) is 1.43. The molecule has 2 heterocycles. The second kappa shape index (κ2) is 1.58. The Morgan fingerprint density at radius 3 is 2.62 bits per heavy atom. The highest BCUT2D eigenvalue weighted by atomic mass is 127. The molecule has 46 valence electrons. The van der Waals surface area contributed by atoms with Gasteiger partial charge in [0.25, 0.3) is 0 Å². The van der Waals surface area contributed by atoms with Gasteiger partial charge in [-0.1, -0.05) is 22.6 Å². The van der Waals surface area contributed by atoms with E-state index >= 15 is 0 Å². The van der Waals surface area contributed by atoms with E-state index in [2.05, 4.69) is 33.2 Å². The lowest BCUT2D eigenvalue weighted by Crippen LogP contribution is -2.45. The maximum atomic E-state index is 3.46. The molecular weight excluding hydrogens is 215 g/mol. The molecule has 0 aromatic heterocycles. The van der Waals surface area contributed by atoms with Crippen molar-refractivity contribution in [1.29, 1.82) is 0 Å². The Morgan fingerprint density at radius 2 is 2.50 bits per heavy atom. The summed E-state index contributed by atoms with van der Waals surface area (Å²) in [5, 5.41) is 6.88. The van der Waals surface area contributed by atoms with Crippen molar-refractivity contribution < 1.29 is 0 Å². The summed E-state index contributed by atoms with van der Waals surface area (Å²) in [6, 6.07) is 0.770. The van der Waals surface area contributed by atoms with Crippen LogP contribution in [0.15, 0.2) is 0 Å². The van der Waals surface area contributed by atoms with E-state index in [0.717, 1.165) is 12.6 Å². The van der Waals surface area contributed by atoms with E-state index in [1.54, 1.807) is 0 Å². The maximum Gasteiger partial charge on any atom is 0.0847 e. The molecule has 0 amide bonds. The van der Waals surface area contributed by atoms with E-state index < -0.39 is 0 Å². The van der Waals surface area contributed by atoms with E-state index in [9.17, 15) is 0 Å². The van der Waals surface area contributed by atoms with Crippen molar-refractivity contribution in [2.24, 2.45) is 0 Å².